The fourth-order valence-electron chi connectivity index (χ4n) is 16.1. The highest BCUT2D eigenvalue weighted by Gasteiger charge is 2.27. The minimum absolute atomic E-state index is 0.0544. The van der Waals surface area contributed by atoms with E-state index < -0.39 is 0 Å². The van der Waals surface area contributed by atoms with Gasteiger partial charge in [-0.2, -0.15) is 0 Å². The van der Waals surface area contributed by atoms with Crippen LogP contribution in [0.4, 0.5) is 0 Å². The highest BCUT2D eigenvalue weighted by Crippen LogP contribution is 2.37. The smallest absolute Gasteiger partial charge is 0.258 e. The summed E-state index contributed by atoms with van der Waals surface area (Å²) in [5.74, 6) is 3.82. The summed E-state index contributed by atoms with van der Waals surface area (Å²) in [6.07, 6.45) is 29.6. The second-order valence-corrected chi connectivity index (χ2v) is 31.0. The standard InChI is InChI=1S/C26H29N3O3.C25H29N3O3.C22H21N5O.C22H23N3O3/c1-17-13-20(18-9-11-28(12-10-18)21-5-4-6-21)16-29-25(30)15-22(27-26(17)29)19-7-8-23(31-2)24(14-19)32-3;1-5-10-27-11-8-18(9-12-27)20-13-17(2)25-26-21(15-24(29)28(25)16-20)19-6-7-22(30-3)23(14-19)31-4;1-15-12-26-13-17(3-5-20(26)23-15)18-4-6-21-24-19(11-22(28)27(21)14-18)16-7-9-25(2)10-8-16;1-24-10-8-15(9-11-24)18-13-22(26)25-14-17(5-7-21(25)23-18)16-4-6-19(27-2)20(12-16)28-3/h7-9,13-16,21H,4-6,10-12H2,1-3H3;6-8,13-16H,5,9-12H2,1-4H3;3-7,11-14H,8-10H2,1-2H3;4-8,12-14H,9-11H2,1-3H3. The van der Waals surface area contributed by atoms with Crippen LogP contribution in [0.5, 0.6) is 34.5 Å². The predicted octanol–water partition coefficient (Wildman–Crippen LogP) is 14.6. The number of methoxy groups -OCH3 is 6. The molecule has 0 bridgehead atoms. The van der Waals surface area contributed by atoms with Crippen molar-refractivity contribution in [1.29, 1.82) is 0 Å². The fourth-order valence-corrected chi connectivity index (χ4v) is 16.1. The number of hydrogen-bond acceptors (Lipinski definition) is 19. The van der Waals surface area contributed by atoms with E-state index in [1.807, 2.05) is 153 Å². The molecule has 0 spiro atoms. The molecule has 0 N–H and O–H groups in total. The van der Waals surface area contributed by atoms with Crippen molar-refractivity contribution in [3.05, 3.63) is 270 Å². The highest BCUT2D eigenvalue weighted by atomic mass is 16.5. The van der Waals surface area contributed by atoms with Gasteiger partial charge in [-0.05, 0) is 245 Å². The van der Waals surface area contributed by atoms with Crippen molar-refractivity contribution in [2.75, 3.05) is 116 Å². The molecule has 0 amide bonds. The van der Waals surface area contributed by atoms with E-state index in [1.54, 1.807) is 84.5 Å². The monoisotopic (exact) mass is 1600 g/mol. The van der Waals surface area contributed by atoms with Gasteiger partial charge in [0.2, 0.25) is 0 Å². The second kappa shape index (κ2) is 36.1. The van der Waals surface area contributed by atoms with Crippen LogP contribution in [0.1, 0.15) is 97.6 Å². The van der Waals surface area contributed by atoms with E-state index >= 15 is 0 Å². The molecular formula is C95H102N14O10. The van der Waals surface area contributed by atoms with Gasteiger partial charge in [0.1, 0.15) is 28.2 Å². The van der Waals surface area contributed by atoms with Crippen LogP contribution >= 0.6 is 0 Å². The van der Waals surface area contributed by atoms with Gasteiger partial charge < -0.3 is 42.6 Å². The zero-order valence-corrected chi connectivity index (χ0v) is 69.8. The molecule has 612 valence electrons. The first kappa shape index (κ1) is 81.5. The Bertz CT molecular complexity index is 6400. The van der Waals surface area contributed by atoms with E-state index in [1.165, 1.54) is 36.8 Å². The van der Waals surface area contributed by atoms with Crippen LogP contribution in [0.25, 0.3) is 95.3 Å². The Morgan fingerprint density at radius 3 is 1.19 bits per heavy atom. The van der Waals surface area contributed by atoms with Crippen LogP contribution in [-0.4, -0.2) is 188 Å². The van der Waals surface area contributed by atoms with Crippen molar-refractivity contribution < 1.29 is 28.4 Å². The van der Waals surface area contributed by atoms with Crippen molar-refractivity contribution in [2.45, 2.75) is 85.1 Å². The van der Waals surface area contributed by atoms with E-state index in [0.29, 0.717) is 68.5 Å². The van der Waals surface area contributed by atoms with Crippen molar-refractivity contribution in [2.24, 2.45) is 0 Å². The topological polar surface area (TPSA) is 223 Å². The maximum absolute atomic E-state index is 13.1. The molecule has 10 aromatic heterocycles. The summed E-state index contributed by atoms with van der Waals surface area (Å²) in [4.78, 5) is 84.7. The summed E-state index contributed by atoms with van der Waals surface area (Å²) in [6, 6.07) is 40.1. The molecule has 1 aliphatic carbocycles. The number of pyridine rings is 5. The predicted molar refractivity (Wildman–Crippen MR) is 471 cm³/mol. The van der Waals surface area contributed by atoms with Gasteiger partial charge in [0.25, 0.3) is 22.2 Å². The van der Waals surface area contributed by atoms with E-state index in [-0.39, 0.29) is 22.2 Å². The number of ether oxygens (including phenoxy) is 6. The number of nitrogens with zero attached hydrogens (tertiary/aromatic N) is 14. The van der Waals surface area contributed by atoms with Gasteiger partial charge in [-0.3, -0.25) is 46.6 Å². The van der Waals surface area contributed by atoms with Crippen LogP contribution in [0, 0.1) is 20.8 Å². The molecule has 0 atom stereocenters. The van der Waals surface area contributed by atoms with Crippen molar-refractivity contribution in [3.8, 4) is 79.3 Å². The highest BCUT2D eigenvalue weighted by molar-refractivity contribution is 5.75. The maximum atomic E-state index is 13.1. The molecular weight excluding hydrogens is 1500 g/mol. The number of hydrogen-bond donors (Lipinski definition) is 0. The van der Waals surface area contributed by atoms with Crippen molar-refractivity contribution in [1.82, 2.24) is 66.5 Å². The van der Waals surface area contributed by atoms with E-state index in [9.17, 15) is 19.2 Å². The minimum atomic E-state index is -0.0937. The second-order valence-electron chi connectivity index (χ2n) is 31.0. The van der Waals surface area contributed by atoms with Gasteiger partial charge in [0.15, 0.2) is 34.5 Å². The molecule has 24 nitrogen and oxygen atoms in total. The largest absolute Gasteiger partial charge is 0.493 e. The molecule has 119 heavy (non-hydrogen) atoms. The van der Waals surface area contributed by atoms with Crippen LogP contribution in [0.2, 0.25) is 0 Å². The quantitative estimate of drug-likeness (QED) is 0.0826. The molecule has 24 heteroatoms. The molecule has 18 rings (SSSR count). The molecule has 14 heterocycles. The normalized spacial score (nSPS) is 15.5. The summed E-state index contributed by atoms with van der Waals surface area (Å²) in [5, 5.41) is 0. The van der Waals surface area contributed by atoms with E-state index in [2.05, 4.69) is 82.0 Å². The lowest BCUT2D eigenvalue weighted by Crippen LogP contribution is -2.42. The third kappa shape index (κ3) is 18.0. The first-order valence-electron chi connectivity index (χ1n) is 40.7. The first-order valence-corrected chi connectivity index (χ1v) is 40.7. The molecule has 13 aromatic rings. The third-order valence-electron chi connectivity index (χ3n) is 23.1. The molecule has 1 saturated carbocycles. The van der Waals surface area contributed by atoms with E-state index in [0.717, 1.165) is 180 Å². The third-order valence-corrected chi connectivity index (χ3v) is 23.1. The summed E-state index contributed by atoms with van der Waals surface area (Å²) in [7, 11) is 13.8. The summed E-state index contributed by atoms with van der Waals surface area (Å²) in [5.41, 5.74) is 21.6. The Hall–Kier alpha value is -12.6. The summed E-state index contributed by atoms with van der Waals surface area (Å²) >= 11 is 0. The number of aryl methyl sites for hydroxylation is 3. The van der Waals surface area contributed by atoms with Crippen LogP contribution in [0.15, 0.2) is 208 Å². The molecule has 0 unspecified atom stereocenters. The molecule has 4 aliphatic heterocycles. The maximum Gasteiger partial charge on any atom is 0.258 e. The number of benzene rings is 3. The SMILES string of the molecule is CCCN1CC=C(c2cc(C)c3nc(-c4ccc(OC)c(OC)c4)cc(=O)n3c2)CC1.COc1ccc(-c2cc(=O)n3cc(C4=CCN(C5CCC5)CC4)cc(C)c3n2)cc1OC.COc1ccc(-c2ccc3nc(C4=CCN(C)CC4)cc(=O)n3c2)cc1OC.Cc1cn2cc(-c3ccc4nc(C5=CCN(C)CC5)cc(=O)n4c3)ccc2n1. The van der Waals surface area contributed by atoms with E-state index in [4.69, 9.17) is 48.4 Å². The number of fused-ring (bicyclic) bond motifs is 5. The Labute approximate surface area is 691 Å². The van der Waals surface area contributed by atoms with Gasteiger partial charge in [-0.25, -0.2) is 24.9 Å². The number of likely N-dealkylation sites (N-methyl/N-ethyl adjacent to an activating group) is 2. The minimum Gasteiger partial charge on any atom is -0.493 e. The van der Waals surface area contributed by atoms with Gasteiger partial charge in [-0.1, -0.05) is 43.7 Å². The first-order chi connectivity index (χ1) is 57.7. The van der Waals surface area contributed by atoms with Crippen molar-refractivity contribution in [3.63, 3.8) is 0 Å². The van der Waals surface area contributed by atoms with Crippen LogP contribution in [0.3, 0.4) is 0 Å². The summed E-state index contributed by atoms with van der Waals surface area (Å²) in [6.45, 7) is 17.2. The molecule has 0 radical (unpaired) electrons. The zero-order chi connectivity index (χ0) is 83.1. The molecule has 1 fully saturated rings. The van der Waals surface area contributed by atoms with Crippen molar-refractivity contribution >= 4 is 50.5 Å². The lowest BCUT2D eigenvalue weighted by atomic mass is 9.89. The lowest BCUT2D eigenvalue weighted by Gasteiger charge is -2.39. The average Bonchev–Trinajstić information content (AvgIpc) is 0.824. The Balaban J connectivity index is 0.000000124. The molecule has 0 saturated heterocycles. The Morgan fingerprint density at radius 2 is 0.765 bits per heavy atom. The Morgan fingerprint density at radius 1 is 0.361 bits per heavy atom. The lowest BCUT2D eigenvalue weighted by molar-refractivity contribution is 0.141. The number of aromatic nitrogens is 10. The fraction of sp³-hybridized carbons (Fsp3) is 0.316. The average molecular weight is 1600 g/mol. The Kier molecular flexibility index (Phi) is 24.7. The molecule has 3 aromatic carbocycles. The van der Waals surface area contributed by atoms with Crippen LogP contribution in [-0.2, 0) is 0 Å². The summed E-state index contributed by atoms with van der Waals surface area (Å²) < 4.78 is 40.7. The van der Waals surface area contributed by atoms with Gasteiger partial charge >= 0.3 is 0 Å². The van der Waals surface area contributed by atoms with Gasteiger partial charge in [0, 0.05) is 137 Å². The zero-order valence-electron chi connectivity index (χ0n) is 69.8. The van der Waals surface area contributed by atoms with Gasteiger partial charge in [0.05, 0.1) is 71.1 Å². The van der Waals surface area contributed by atoms with Gasteiger partial charge in [-0.15, -0.1) is 0 Å². The molecule has 5 aliphatic rings. The number of imidazole rings is 1. The van der Waals surface area contributed by atoms with Crippen LogP contribution < -0.4 is 50.7 Å². The number of rotatable bonds is 17.